The van der Waals surface area contributed by atoms with Crippen LogP contribution in [-0.2, 0) is 11.3 Å². The third kappa shape index (κ3) is 6.80. The number of guanidine groups is 1. The molecular formula is C17H29N3O2. The highest BCUT2D eigenvalue weighted by atomic mass is 16.5. The molecule has 0 amide bonds. The molecule has 0 aliphatic heterocycles. The van der Waals surface area contributed by atoms with Crippen molar-refractivity contribution in [3.63, 3.8) is 0 Å². The average Bonchev–Trinajstić information content (AvgIpc) is 2.51. The van der Waals surface area contributed by atoms with Gasteiger partial charge in [-0.1, -0.05) is 12.1 Å². The summed E-state index contributed by atoms with van der Waals surface area (Å²) in [6, 6.07) is 6.23. The zero-order chi connectivity index (χ0) is 16.2. The summed E-state index contributed by atoms with van der Waals surface area (Å²) in [6.45, 7) is 9.80. The van der Waals surface area contributed by atoms with E-state index in [-0.39, 0.29) is 0 Å². The molecule has 0 aliphatic carbocycles. The highest BCUT2D eigenvalue weighted by molar-refractivity contribution is 5.79. The molecule has 0 fully saturated rings. The van der Waals surface area contributed by atoms with E-state index in [4.69, 9.17) is 9.47 Å². The van der Waals surface area contributed by atoms with Crippen molar-refractivity contribution in [2.75, 3.05) is 33.4 Å². The fourth-order valence-electron chi connectivity index (χ4n) is 2.01. The van der Waals surface area contributed by atoms with Gasteiger partial charge in [0.1, 0.15) is 5.75 Å². The second kappa shape index (κ2) is 10.9. The Morgan fingerprint density at radius 2 is 2.05 bits per heavy atom. The van der Waals surface area contributed by atoms with E-state index in [1.165, 1.54) is 5.56 Å². The normalized spacial score (nSPS) is 11.4. The van der Waals surface area contributed by atoms with E-state index < -0.39 is 0 Å². The Kier molecular flexibility index (Phi) is 9.07. The summed E-state index contributed by atoms with van der Waals surface area (Å²) in [5.41, 5.74) is 2.29. The predicted molar refractivity (Wildman–Crippen MR) is 91.7 cm³/mol. The third-order valence-corrected chi connectivity index (χ3v) is 3.09. The van der Waals surface area contributed by atoms with Gasteiger partial charge in [-0.3, -0.25) is 0 Å². The van der Waals surface area contributed by atoms with Crippen molar-refractivity contribution in [3.8, 4) is 5.75 Å². The van der Waals surface area contributed by atoms with Gasteiger partial charge in [-0.15, -0.1) is 0 Å². The SMILES string of the molecule is CCNC(=NCc1ccc(C)cc1OCC)NCCCOC. The summed E-state index contributed by atoms with van der Waals surface area (Å²) in [7, 11) is 1.71. The first-order chi connectivity index (χ1) is 10.7. The maximum Gasteiger partial charge on any atom is 0.191 e. The van der Waals surface area contributed by atoms with Crippen LogP contribution in [0.5, 0.6) is 5.75 Å². The summed E-state index contributed by atoms with van der Waals surface area (Å²) in [5, 5.41) is 6.56. The van der Waals surface area contributed by atoms with Gasteiger partial charge in [0.15, 0.2) is 5.96 Å². The maximum absolute atomic E-state index is 5.70. The van der Waals surface area contributed by atoms with Crippen LogP contribution in [0.2, 0.25) is 0 Å². The fourth-order valence-corrected chi connectivity index (χ4v) is 2.01. The standard InChI is InChI=1S/C17H29N3O2/c1-5-18-17(19-10-7-11-21-4)20-13-15-9-8-14(3)12-16(15)22-6-2/h8-9,12H,5-7,10-11,13H2,1-4H3,(H2,18,19,20). The molecule has 0 aliphatic rings. The lowest BCUT2D eigenvalue weighted by Crippen LogP contribution is -2.38. The zero-order valence-corrected chi connectivity index (χ0v) is 14.2. The first-order valence-corrected chi connectivity index (χ1v) is 7.94. The van der Waals surface area contributed by atoms with Crippen molar-refractivity contribution in [2.24, 2.45) is 4.99 Å². The molecule has 1 rings (SSSR count). The molecule has 0 bridgehead atoms. The van der Waals surface area contributed by atoms with Crippen LogP contribution in [0.1, 0.15) is 31.4 Å². The van der Waals surface area contributed by atoms with Gasteiger partial charge >= 0.3 is 0 Å². The molecule has 22 heavy (non-hydrogen) atoms. The lowest BCUT2D eigenvalue weighted by Gasteiger charge is -2.13. The van der Waals surface area contributed by atoms with E-state index in [0.29, 0.717) is 13.2 Å². The molecule has 0 radical (unpaired) electrons. The molecule has 0 spiro atoms. The van der Waals surface area contributed by atoms with Gasteiger partial charge < -0.3 is 20.1 Å². The van der Waals surface area contributed by atoms with Crippen LogP contribution in [0.25, 0.3) is 0 Å². The molecule has 0 aromatic heterocycles. The van der Waals surface area contributed by atoms with Crippen LogP contribution in [0.15, 0.2) is 23.2 Å². The van der Waals surface area contributed by atoms with E-state index in [0.717, 1.165) is 43.4 Å². The quantitative estimate of drug-likeness (QED) is 0.418. The highest BCUT2D eigenvalue weighted by Crippen LogP contribution is 2.21. The van der Waals surface area contributed by atoms with Gasteiger partial charge in [0.2, 0.25) is 0 Å². The first-order valence-electron chi connectivity index (χ1n) is 7.94. The van der Waals surface area contributed by atoms with Gasteiger partial charge in [0.05, 0.1) is 13.2 Å². The minimum absolute atomic E-state index is 0.592. The minimum atomic E-state index is 0.592. The number of rotatable bonds is 9. The van der Waals surface area contributed by atoms with E-state index in [9.17, 15) is 0 Å². The van der Waals surface area contributed by atoms with Gasteiger partial charge in [-0.2, -0.15) is 0 Å². The van der Waals surface area contributed by atoms with Crippen molar-refractivity contribution in [1.29, 1.82) is 0 Å². The van der Waals surface area contributed by atoms with Gasteiger partial charge in [-0.25, -0.2) is 4.99 Å². The monoisotopic (exact) mass is 307 g/mol. The van der Waals surface area contributed by atoms with Crippen molar-refractivity contribution < 1.29 is 9.47 Å². The third-order valence-electron chi connectivity index (χ3n) is 3.09. The van der Waals surface area contributed by atoms with E-state index in [1.807, 2.05) is 6.92 Å². The number of nitrogens with zero attached hydrogens (tertiary/aromatic N) is 1. The fraction of sp³-hybridized carbons (Fsp3) is 0.588. The molecule has 1 aromatic rings. The largest absolute Gasteiger partial charge is 0.494 e. The molecule has 0 saturated heterocycles. The Labute approximate surface area is 134 Å². The maximum atomic E-state index is 5.70. The predicted octanol–water partition coefficient (Wildman–Crippen LogP) is 2.49. The molecule has 1 aromatic carbocycles. The van der Waals surface area contributed by atoms with Crippen molar-refractivity contribution in [1.82, 2.24) is 10.6 Å². The Morgan fingerprint density at radius 3 is 2.73 bits per heavy atom. The number of nitrogens with one attached hydrogen (secondary N) is 2. The number of methoxy groups -OCH3 is 1. The van der Waals surface area contributed by atoms with Crippen LogP contribution >= 0.6 is 0 Å². The van der Waals surface area contributed by atoms with Crippen LogP contribution in [0.3, 0.4) is 0 Å². The molecule has 5 nitrogen and oxygen atoms in total. The highest BCUT2D eigenvalue weighted by Gasteiger charge is 2.04. The summed E-state index contributed by atoms with van der Waals surface area (Å²) < 4.78 is 10.7. The Bertz CT molecular complexity index is 461. The average molecular weight is 307 g/mol. The van der Waals surface area contributed by atoms with Gasteiger partial charge in [0, 0.05) is 32.4 Å². The zero-order valence-electron chi connectivity index (χ0n) is 14.2. The minimum Gasteiger partial charge on any atom is -0.494 e. The summed E-state index contributed by atoms with van der Waals surface area (Å²) >= 11 is 0. The van der Waals surface area contributed by atoms with Crippen LogP contribution < -0.4 is 15.4 Å². The van der Waals surface area contributed by atoms with Crippen LogP contribution in [-0.4, -0.2) is 39.4 Å². The van der Waals surface area contributed by atoms with Gasteiger partial charge in [-0.05, 0) is 38.8 Å². The van der Waals surface area contributed by atoms with Crippen LogP contribution in [0.4, 0.5) is 0 Å². The summed E-state index contributed by atoms with van der Waals surface area (Å²) in [6.07, 6.45) is 0.954. The van der Waals surface area contributed by atoms with E-state index in [2.05, 4.69) is 47.7 Å². The molecule has 0 atom stereocenters. The second-order valence-electron chi connectivity index (χ2n) is 5.01. The topological polar surface area (TPSA) is 54.9 Å². The summed E-state index contributed by atoms with van der Waals surface area (Å²) in [4.78, 5) is 4.63. The molecule has 0 saturated carbocycles. The molecule has 0 heterocycles. The number of benzene rings is 1. The number of hydrogen-bond donors (Lipinski definition) is 2. The molecule has 124 valence electrons. The number of hydrogen-bond acceptors (Lipinski definition) is 3. The number of ether oxygens (including phenoxy) is 2. The molecule has 5 heteroatoms. The lowest BCUT2D eigenvalue weighted by atomic mass is 10.1. The number of aliphatic imine (C=N–C) groups is 1. The second-order valence-corrected chi connectivity index (χ2v) is 5.01. The molecular weight excluding hydrogens is 278 g/mol. The Balaban J connectivity index is 2.68. The molecule has 0 unspecified atom stereocenters. The van der Waals surface area contributed by atoms with Gasteiger partial charge in [0.25, 0.3) is 0 Å². The first kappa shape index (κ1) is 18.3. The van der Waals surface area contributed by atoms with Crippen molar-refractivity contribution in [3.05, 3.63) is 29.3 Å². The van der Waals surface area contributed by atoms with E-state index in [1.54, 1.807) is 7.11 Å². The van der Waals surface area contributed by atoms with Crippen molar-refractivity contribution in [2.45, 2.75) is 33.7 Å². The Morgan fingerprint density at radius 1 is 1.23 bits per heavy atom. The summed E-state index contributed by atoms with van der Waals surface area (Å²) in [5.74, 6) is 1.74. The molecule has 2 N–H and O–H groups in total. The number of aryl methyl sites for hydroxylation is 1. The lowest BCUT2D eigenvalue weighted by molar-refractivity contribution is 0.195. The Hall–Kier alpha value is -1.75. The van der Waals surface area contributed by atoms with Crippen molar-refractivity contribution >= 4 is 5.96 Å². The van der Waals surface area contributed by atoms with Crippen LogP contribution in [0, 0.1) is 6.92 Å². The smallest absolute Gasteiger partial charge is 0.191 e. The van der Waals surface area contributed by atoms with E-state index >= 15 is 0 Å².